The number of hydrogen-bond acceptors (Lipinski definition) is 1. The van der Waals surface area contributed by atoms with Gasteiger partial charge in [0.15, 0.2) is 0 Å². The van der Waals surface area contributed by atoms with Crippen LogP contribution in [0.25, 0.3) is 5.57 Å². The first-order chi connectivity index (χ1) is 5.24. The third-order valence-corrected chi connectivity index (χ3v) is 1.56. The van der Waals surface area contributed by atoms with Crippen LogP contribution in [-0.2, 0) is 0 Å². The summed E-state index contributed by atoms with van der Waals surface area (Å²) in [6.45, 7) is 5.83. The van der Waals surface area contributed by atoms with E-state index in [1.807, 2.05) is 31.2 Å². The maximum Gasteiger partial charge on any atom is 0.119 e. The number of hydrogen-bond donors (Lipinski definition) is 0. The van der Waals surface area contributed by atoms with Crippen LogP contribution in [0.4, 0.5) is 0 Å². The van der Waals surface area contributed by atoms with Crippen molar-refractivity contribution in [2.45, 2.75) is 6.92 Å². The molecule has 0 unspecified atom stereocenters. The van der Waals surface area contributed by atoms with Gasteiger partial charge >= 0.3 is 0 Å². The average molecular weight is 148 g/mol. The van der Waals surface area contributed by atoms with E-state index in [4.69, 9.17) is 4.74 Å². The molecule has 0 N–H and O–H groups in total. The maximum absolute atomic E-state index is 5.06. The Morgan fingerprint density at radius 1 is 1.45 bits per heavy atom. The van der Waals surface area contributed by atoms with Crippen molar-refractivity contribution in [2.75, 3.05) is 7.11 Å². The van der Waals surface area contributed by atoms with E-state index in [0.29, 0.717) is 0 Å². The fourth-order valence-corrected chi connectivity index (χ4v) is 0.889. The molecule has 58 valence electrons. The molecular formula is C10H12O. The molecule has 1 aromatic rings. The lowest BCUT2D eigenvalue weighted by molar-refractivity contribution is 0.414. The minimum absolute atomic E-state index is 0.880. The molecule has 0 heterocycles. The van der Waals surface area contributed by atoms with Crippen LogP contribution in [0.15, 0.2) is 30.8 Å². The van der Waals surface area contributed by atoms with E-state index >= 15 is 0 Å². The molecule has 1 rings (SSSR count). The van der Waals surface area contributed by atoms with Crippen molar-refractivity contribution in [2.24, 2.45) is 0 Å². The minimum Gasteiger partial charge on any atom is -0.497 e. The highest BCUT2D eigenvalue weighted by atomic mass is 16.5. The Balaban J connectivity index is 3.01. The van der Waals surface area contributed by atoms with Crippen LogP contribution in [0.3, 0.4) is 0 Å². The molecule has 0 bridgehead atoms. The summed E-state index contributed by atoms with van der Waals surface area (Å²) in [5.74, 6) is 0.880. The molecule has 0 saturated carbocycles. The lowest BCUT2D eigenvalue weighted by Crippen LogP contribution is -1.83. The Morgan fingerprint density at radius 2 is 2.18 bits per heavy atom. The predicted molar refractivity (Wildman–Crippen MR) is 47.7 cm³/mol. The van der Waals surface area contributed by atoms with Gasteiger partial charge in [0, 0.05) is 0 Å². The second-order valence-corrected chi connectivity index (χ2v) is 2.51. The van der Waals surface area contributed by atoms with Crippen molar-refractivity contribution in [3.05, 3.63) is 36.4 Å². The summed E-state index contributed by atoms with van der Waals surface area (Å²) in [5, 5.41) is 0. The van der Waals surface area contributed by atoms with Gasteiger partial charge in [-0.3, -0.25) is 0 Å². The molecule has 1 nitrogen and oxygen atoms in total. The highest BCUT2D eigenvalue weighted by Gasteiger charge is 1.94. The van der Waals surface area contributed by atoms with Crippen LogP contribution in [0.2, 0.25) is 0 Å². The lowest BCUT2D eigenvalue weighted by Gasteiger charge is -2.02. The summed E-state index contributed by atoms with van der Waals surface area (Å²) < 4.78 is 5.06. The van der Waals surface area contributed by atoms with Gasteiger partial charge in [-0.2, -0.15) is 0 Å². The Labute approximate surface area is 67.3 Å². The molecule has 0 radical (unpaired) electrons. The van der Waals surface area contributed by atoms with Gasteiger partial charge in [-0.25, -0.2) is 0 Å². The molecule has 0 atom stereocenters. The Kier molecular flexibility index (Phi) is 2.32. The lowest BCUT2D eigenvalue weighted by atomic mass is 10.1. The van der Waals surface area contributed by atoms with Crippen LogP contribution in [0.5, 0.6) is 5.75 Å². The maximum atomic E-state index is 5.06. The van der Waals surface area contributed by atoms with Crippen LogP contribution in [-0.4, -0.2) is 7.11 Å². The Hall–Kier alpha value is -1.24. The normalized spacial score (nSPS) is 9.27. The van der Waals surface area contributed by atoms with E-state index in [-0.39, 0.29) is 0 Å². The number of methoxy groups -OCH3 is 1. The van der Waals surface area contributed by atoms with Gasteiger partial charge in [0.1, 0.15) is 5.75 Å². The summed E-state index contributed by atoms with van der Waals surface area (Å²) in [5.41, 5.74) is 2.19. The topological polar surface area (TPSA) is 9.23 Å². The van der Waals surface area contributed by atoms with E-state index in [0.717, 1.165) is 16.9 Å². The van der Waals surface area contributed by atoms with Crippen molar-refractivity contribution < 1.29 is 4.74 Å². The van der Waals surface area contributed by atoms with E-state index < -0.39 is 0 Å². The summed E-state index contributed by atoms with van der Waals surface area (Å²) in [4.78, 5) is 0. The quantitative estimate of drug-likeness (QED) is 0.626. The highest BCUT2D eigenvalue weighted by Crippen LogP contribution is 2.17. The first kappa shape index (κ1) is 7.86. The first-order valence-corrected chi connectivity index (χ1v) is 3.54. The number of ether oxygens (including phenoxy) is 1. The molecule has 0 aromatic heterocycles. The Bertz CT molecular complexity index is 263. The fourth-order valence-electron chi connectivity index (χ4n) is 0.889. The standard InChI is InChI=1S/C10H12O/c1-8(2)9-5-4-6-10(7-9)11-3/h4-7H,1H2,2-3H3. The minimum atomic E-state index is 0.880. The third-order valence-electron chi connectivity index (χ3n) is 1.56. The van der Waals surface area contributed by atoms with Crippen molar-refractivity contribution in [3.8, 4) is 5.75 Å². The molecule has 0 aliphatic rings. The largest absolute Gasteiger partial charge is 0.497 e. The summed E-state index contributed by atoms with van der Waals surface area (Å²) in [6, 6.07) is 7.88. The van der Waals surface area contributed by atoms with Crippen LogP contribution >= 0.6 is 0 Å². The van der Waals surface area contributed by atoms with Gasteiger partial charge in [0.05, 0.1) is 7.11 Å². The van der Waals surface area contributed by atoms with Crippen molar-refractivity contribution >= 4 is 5.57 Å². The van der Waals surface area contributed by atoms with Gasteiger partial charge < -0.3 is 4.74 Å². The molecule has 11 heavy (non-hydrogen) atoms. The van der Waals surface area contributed by atoms with E-state index in [2.05, 4.69) is 6.58 Å². The van der Waals surface area contributed by atoms with Gasteiger partial charge in [0.2, 0.25) is 0 Å². The monoisotopic (exact) mass is 148 g/mol. The molecular weight excluding hydrogens is 136 g/mol. The molecule has 1 heteroatoms. The van der Waals surface area contributed by atoms with Crippen LogP contribution < -0.4 is 4.74 Å². The molecule has 0 spiro atoms. The third kappa shape index (κ3) is 1.84. The van der Waals surface area contributed by atoms with E-state index in [1.165, 1.54) is 0 Å². The molecule has 1 aromatic carbocycles. The SMILES string of the molecule is C=C(C)c1cccc(OC)c1. The van der Waals surface area contributed by atoms with Gasteiger partial charge in [-0.1, -0.05) is 24.3 Å². The fraction of sp³-hybridized carbons (Fsp3) is 0.200. The summed E-state index contributed by atoms with van der Waals surface area (Å²) >= 11 is 0. The van der Waals surface area contributed by atoms with Gasteiger partial charge in [-0.15, -0.1) is 0 Å². The number of allylic oxidation sites excluding steroid dienone is 1. The van der Waals surface area contributed by atoms with E-state index in [9.17, 15) is 0 Å². The van der Waals surface area contributed by atoms with Crippen molar-refractivity contribution in [1.29, 1.82) is 0 Å². The van der Waals surface area contributed by atoms with Crippen LogP contribution in [0, 0.1) is 0 Å². The molecule has 0 aliphatic carbocycles. The average Bonchev–Trinajstić information content (AvgIpc) is 2.05. The Morgan fingerprint density at radius 3 is 2.73 bits per heavy atom. The summed E-state index contributed by atoms with van der Waals surface area (Å²) in [6.07, 6.45) is 0. The highest BCUT2D eigenvalue weighted by molar-refractivity contribution is 5.62. The smallest absolute Gasteiger partial charge is 0.119 e. The number of rotatable bonds is 2. The molecule has 0 aliphatic heterocycles. The van der Waals surface area contributed by atoms with Crippen molar-refractivity contribution in [1.82, 2.24) is 0 Å². The van der Waals surface area contributed by atoms with Gasteiger partial charge in [0.25, 0.3) is 0 Å². The van der Waals surface area contributed by atoms with Crippen molar-refractivity contribution in [3.63, 3.8) is 0 Å². The zero-order valence-corrected chi connectivity index (χ0v) is 6.92. The zero-order chi connectivity index (χ0) is 8.27. The second kappa shape index (κ2) is 3.24. The molecule has 0 amide bonds. The second-order valence-electron chi connectivity index (χ2n) is 2.51. The van der Waals surface area contributed by atoms with E-state index in [1.54, 1.807) is 7.11 Å². The molecule has 0 saturated heterocycles. The molecule has 0 fully saturated rings. The number of benzene rings is 1. The zero-order valence-electron chi connectivity index (χ0n) is 6.92. The summed E-state index contributed by atoms with van der Waals surface area (Å²) in [7, 11) is 1.66. The first-order valence-electron chi connectivity index (χ1n) is 3.54. The van der Waals surface area contributed by atoms with Gasteiger partial charge in [-0.05, 0) is 24.6 Å². The van der Waals surface area contributed by atoms with Crippen LogP contribution in [0.1, 0.15) is 12.5 Å². The predicted octanol–water partition coefficient (Wildman–Crippen LogP) is 2.73.